The minimum absolute atomic E-state index is 0.0682. The molecular formula is C21H26O2. The zero-order valence-corrected chi connectivity index (χ0v) is 14.7. The molecule has 0 saturated carbocycles. The lowest BCUT2D eigenvalue weighted by Gasteiger charge is -2.23. The van der Waals surface area contributed by atoms with Gasteiger partial charge in [0.25, 0.3) is 0 Å². The Morgan fingerprint density at radius 3 is 2.26 bits per heavy atom. The van der Waals surface area contributed by atoms with Crippen LogP contribution >= 0.6 is 0 Å². The van der Waals surface area contributed by atoms with Crippen LogP contribution in [0, 0.1) is 6.92 Å². The fourth-order valence-corrected chi connectivity index (χ4v) is 2.85. The van der Waals surface area contributed by atoms with Gasteiger partial charge in [0, 0.05) is 5.56 Å². The van der Waals surface area contributed by atoms with Gasteiger partial charge in [0.15, 0.2) is 0 Å². The molecule has 0 radical (unpaired) electrons. The Hall–Kier alpha value is -2.09. The Morgan fingerprint density at radius 2 is 1.65 bits per heavy atom. The maximum atomic E-state index is 12.8. The van der Waals surface area contributed by atoms with E-state index in [0.29, 0.717) is 5.75 Å². The topological polar surface area (TPSA) is 26.3 Å². The van der Waals surface area contributed by atoms with Crippen molar-refractivity contribution in [1.82, 2.24) is 0 Å². The lowest BCUT2D eigenvalue weighted by atomic mass is 9.86. The van der Waals surface area contributed by atoms with Crippen LogP contribution in [0.15, 0.2) is 48.5 Å². The van der Waals surface area contributed by atoms with Gasteiger partial charge in [0.05, 0.1) is 5.92 Å². The molecule has 0 amide bonds. The lowest BCUT2D eigenvalue weighted by Crippen LogP contribution is -2.21. The highest BCUT2D eigenvalue weighted by Crippen LogP contribution is 2.33. The number of carbonyl (C=O) groups is 1. The highest BCUT2D eigenvalue weighted by atomic mass is 16.5. The summed E-state index contributed by atoms with van der Waals surface area (Å²) in [5.41, 5.74) is 3.16. The zero-order chi connectivity index (χ0) is 17.0. The van der Waals surface area contributed by atoms with E-state index in [1.165, 1.54) is 0 Å². The van der Waals surface area contributed by atoms with E-state index in [0.717, 1.165) is 23.1 Å². The maximum absolute atomic E-state index is 12.8. The standard InChI is InChI=1S/C21H26O2/c1-6-16(17-12-8-7-11-15(17)2)20(22)23-19-14-10-9-13-18(19)21(3,4)5/h7-14,16H,6H2,1-5H3/t16-/m0/s1. The molecule has 2 aromatic rings. The second kappa shape index (κ2) is 6.99. The minimum Gasteiger partial charge on any atom is -0.426 e. The summed E-state index contributed by atoms with van der Waals surface area (Å²) in [5, 5.41) is 0. The molecule has 0 spiro atoms. The molecule has 0 aliphatic heterocycles. The van der Waals surface area contributed by atoms with Gasteiger partial charge in [-0.1, -0.05) is 70.2 Å². The predicted octanol–water partition coefficient (Wildman–Crippen LogP) is 5.39. The van der Waals surface area contributed by atoms with Crippen LogP contribution in [-0.2, 0) is 10.2 Å². The molecule has 0 aliphatic rings. The van der Waals surface area contributed by atoms with Crippen molar-refractivity contribution in [3.63, 3.8) is 0 Å². The Bertz CT molecular complexity index is 680. The maximum Gasteiger partial charge on any atom is 0.318 e. The molecule has 23 heavy (non-hydrogen) atoms. The first-order valence-corrected chi connectivity index (χ1v) is 8.21. The van der Waals surface area contributed by atoms with Crippen LogP contribution in [0.2, 0.25) is 0 Å². The molecule has 2 aromatic carbocycles. The molecule has 2 rings (SSSR count). The van der Waals surface area contributed by atoms with E-state index >= 15 is 0 Å². The van der Waals surface area contributed by atoms with Crippen molar-refractivity contribution >= 4 is 5.97 Å². The number of carbonyl (C=O) groups excluding carboxylic acids is 1. The zero-order valence-electron chi connectivity index (χ0n) is 14.7. The van der Waals surface area contributed by atoms with E-state index in [4.69, 9.17) is 4.74 Å². The second-order valence-electron chi connectivity index (χ2n) is 6.98. The van der Waals surface area contributed by atoms with E-state index in [-0.39, 0.29) is 17.3 Å². The number of para-hydroxylation sites is 1. The third-order valence-corrected chi connectivity index (χ3v) is 4.16. The van der Waals surface area contributed by atoms with Crippen LogP contribution in [0.25, 0.3) is 0 Å². The van der Waals surface area contributed by atoms with E-state index in [1.807, 2.05) is 62.4 Å². The van der Waals surface area contributed by atoms with Gasteiger partial charge in [0.1, 0.15) is 5.75 Å². The minimum atomic E-state index is -0.232. The molecule has 0 heterocycles. The fourth-order valence-electron chi connectivity index (χ4n) is 2.85. The number of hydrogen-bond donors (Lipinski definition) is 0. The monoisotopic (exact) mass is 310 g/mol. The summed E-state index contributed by atoms with van der Waals surface area (Å²) in [6, 6.07) is 15.8. The first-order valence-electron chi connectivity index (χ1n) is 8.21. The van der Waals surface area contributed by atoms with Crippen molar-refractivity contribution in [2.24, 2.45) is 0 Å². The molecule has 0 bridgehead atoms. The summed E-state index contributed by atoms with van der Waals surface area (Å²) in [6.07, 6.45) is 0.724. The molecule has 0 fully saturated rings. The van der Waals surface area contributed by atoms with E-state index in [9.17, 15) is 4.79 Å². The Kier molecular flexibility index (Phi) is 5.25. The smallest absolute Gasteiger partial charge is 0.318 e. The molecule has 1 atom stereocenters. The molecule has 2 heteroatoms. The molecule has 2 nitrogen and oxygen atoms in total. The third-order valence-electron chi connectivity index (χ3n) is 4.16. The molecule has 0 saturated heterocycles. The molecule has 0 unspecified atom stereocenters. The molecule has 0 aromatic heterocycles. The quantitative estimate of drug-likeness (QED) is 0.559. The fraction of sp³-hybridized carbons (Fsp3) is 0.381. The second-order valence-corrected chi connectivity index (χ2v) is 6.98. The molecule has 0 N–H and O–H groups in total. The number of rotatable bonds is 4. The first-order chi connectivity index (χ1) is 10.8. The van der Waals surface area contributed by atoms with Crippen LogP contribution in [0.1, 0.15) is 56.7 Å². The van der Waals surface area contributed by atoms with Crippen LogP contribution < -0.4 is 4.74 Å². The van der Waals surface area contributed by atoms with Crippen LogP contribution in [-0.4, -0.2) is 5.97 Å². The van der Waals surface area contributed by atoms with E-state index in [2.05, 4.69) is 20.8 Å². The van der Waals surface area contributed by atoms with Gasteiger partial charge in [-0.3, -0.25) is 4.79 Å². The highest BCUT2D eigenvalue weighted by Gasteiger charge is 2.25. The first kappa shape index (κ1) is 17.3. The van der Waals surface area contributed by atoms with Crippen LogP contribution in [0.5, 0.6) is 5.75 Å². The van der Waals surface area contributed by atoms with Gasteiger partial charge in [-0.05, 0) is 36.0 Å². The van der Waals surface area contributed by atoms with Gasteiger partial charge in [-0.2, -0.15) is 0 Å². The summed E-state index contributed by atoms with van der Waals surface area (Å²) >= 11 is 0. The number of aryl methyl sites for hydroxylation is 1. The number of hydrogen-bond acceptors (Lipinski definition) is 2. The largest absolute Gasteiger partial charge is 0.426 e. The van der Waals surface area contributed by atoms with E-state index < -0.39 is 0 Å². The van der Waals surface area contributed by atoms with Crippen molar-refractivity contribution in [3.8, 4) is 5.75 Å². The molecule has 122 valence electrons. The Morgan fingerprint density at radius 1 is 1.04 bits per heavy atom. The van der Waals surface area contributed by atoms with Gasteiger partial charge >= 0.3 is 5.97 Å². The summed E-state index contributed by atoms with van der Waals surface area (Å²) < 4.78 is 5.80. The number of benzene rings is 2. The van der Waals surface area contributed by atoms with Crippen molar-refractivity contribution in [1.29, 1.82) is 0 Å². The van der Waals surface area contributed by atoms with Gasteiger partial charge in [-0.15, -0.1) is 0 Å². The summed E-state index contributed by atoms with van der Waals surface area (Å²) in [7, 11) is 0. The SMILES string of the molecule is CC[C@H](C(=O)Oc1ccccc1C(C)(C)C)c1ccccc1C. The average Bonchev–Trinajstić information content (AvgIpc) is 2.49. The number of esters is 1. The summed E-state index contributed by atoms with van der Waals surface area (Å²) in [5.74, 6) is 0.250. The van der Waals surface area contributed by atoms with Crippen LogP contribution in [0.3, 0.4) is 0 Å². The normalized spacial score (nSPS) is 12.7. The van der Waals surface area contributed by atoms with Crippen molar-refractivity contribution in [2.45, 2.75) is 52.4 Å². The van der Waals surface area contributed by atoms with Gasteiger partial charge < -0.3 is 4.74 Å². The summed E-state index contributed by atoms with van der Waals surface area (Å²) in [4.78, 5) is 12.8. The van der Waals surface area contributed by atoms with E-state index in [1.54, 1.807) is 0 Å². The average molecular weight is 310 g/mol. The van der Waals surface area contributed by atoms with Crippen LogP contribution in [0.4, 0.5) is 0 Å². The summed E-state index contributed by atoms with van der Waals surface area (Å²) in [6.45, 7) is 10.4. The predicted molar refractivity (Wildman–Crippen MR) is 95.0 cm³/mol. The van der Waals surface area contributed by atoms with Crippen molar-refractivity contribution in [2.75, 3.05) is 0 Å². The Labute approximate surface area is 139 Å². The van der Waals surface area contributed by atoms with Crippen molar-refractivity contribution in [3.05, 3.63) is 65.2 Å². The molecular weight excluding hydrogens is 284 g/mol. The van der Waals surface area contributed by atoms with Gasteiger partial charge in [0.2, 0.25) is 0 Å². The van der Waals surface area contributed by atoms with Crippen molar-refractivity contribution < 1.29 is 9.53 Å². The lowest BCUT2D eigenvalue weighted by molar-refractivity contribution is -0.136. The highest BCUT2D eigenvalue weighted by molar-refractivity contribution is 5.81. The third kappa shape index (κ3) is 4.01. The Balaban J connectivity index is 2.30. The molecule has 0 aliphatic carbocycles. The number of ether oxygens (including phenoxy) is 1. The van der Waals surface area contributed by atoms with Gasteiger partial charge in [-0.25, -0.2) is 0 Å².